The second-order valence-electron chi connectivity index (χ2n) is 3.06. The third-order valence-corrected chi connectivity index (χ3v) is 2.02. The normalized spacial score (nSPS) is 10.3. The van der Waals surface area contributed by atoms with Gasteiger partial charge in [0, 0.05) is 0 Å². The van der Waals surface area contributed by atoms with E-state index in [1.165, 1.54) is 0 Å². The highest BCUT2D eigenvalue weighted by Crippen LogP contribution is 2.14. The van der Waals surface area contributed by atoms with Crippen LogP contribution in [0.3, 0.4) is 0 Å². The fourth-order valence-electron chi connectivity index (χ4n) is 1.32. The van der Waals surface area contributed by atoms with Gasteiger partial charge in [-0.15, -0.1) is 5.10 Å². The van der Waals surface area contributed by atoms with Crippen molar-refractivity contribution in [2.75, 3.05) is 6.61 Å². The minimum absolute atomic E-state index is 0.670. The monoisotopic (exact) mass is 204 g/mol. The Labute approximate surface area is 87.7 Å². The first-order valence-electron chi connectivity index (χ1n) is 4.79. The second-order valence-corrected chi connectivity index (χ2v) is 3.06. The summed E-state index contributed by atoms with van der Waals surface area (Å²) in [5.41, 5.74) is 0.931. The van der Waals surface area contributed by atoms with Gasteiger partial charge >= 0.3 is 0 Å². The quantitative estimate of drug-likeness (QED) is 0.757. The Balaban J connectivity index is 2.28. The van der Waals surface area contributed by atoms with Gasteiger partial charge in [0.1, 0.15) is 5.75 Å². The minimum Gasteiger partial charge on any atom is -0.494 e. The number of hydrogen-bond donors (Lipinski definition) is 0. The third kappa shape index (κ3) is 1.96. The van der Waals surface area contributed by atoms with Gasteiger partial charge in [-0.2, -0.15) is 4.68 Å². The van der Waals surface area contributed by atoms with Gasteiger partial charge in [-0.25, -0.2) is 0 Å². The van der Waals surface area contributed by atoms with E-state index in [0.29, 0.717) is 6.61 Å². The van der Waals surface area contributed by atoms with Crippen molar-refractivity contribution in [3.8, 4) is 11.4 Å². The van der Waals surface area contributed by atoms with Crippen molar-refractivity contribution in [3.05, 3.63) is 30.1 Å². The lowest BCUT2D eigenvalue weighted by Crippen LogP contribution is -1.99. The van der Waals surface area contributed by atoms with Crippen molar-refractivity contribution < 1.29 is 4.74 Å². The number of hydrogen-bond acceptors (Lipinski definition) is 4. The second kappa shape index (κ2) is 4.08. The molecule has 0 bridgehead atoms. The van der Waals surface area contributed by atoms with Gasteiger partial charge in [-0.3, -0.25) is 0 Å². The van der Waals surface area contributed by atoms with Crippen LogP contribution in [0.4, 0.5) is 0 Å². The van der Waals surface area contributed by atoms with E-state index in [1.54, 1.807) is 4.68 Å². The highest BCUT2D eigenvalue weighted by Gasteiger charge is 2.02. The Bertz CT molecular complexity index is 435. The number of rotatable bonds is 3. The lowest BCUT2D eigenvalue weighted by molar-refractivity contribution is 0.340. The van der Waals surface area contributed by atoms with Crippen molar-refractivity contribution >= 4 is 0 Å². The summed E-state index contributed by atoms with van der Waals surface area (Å²) in [6.45, 7) is 4.49. The molecule has 0 amide bonds. The van der Waals surface area contributed by atoms with Gasteiger partial charge < -0.3 is 4.74 Å². The molecule has 0 saturated heterocycles. The van der Waals surface area contributed by atoms with E-state index >= 15 is 0 Å². The molecule has 1 heterocycles. The largest absolute Gasteiger partial charge is 0.494 e. The molecule has 0 unspecified atom stereocenters. The van der Waals surface area contributed by atoms with Crippen molar-refractivity contribution in [2.45, 2.75) is 13.8 Å². The number of aromatic nitrogens is 4. The molecule has 0 aliphatic carbocycles. The summed E-state index contributed by atoms with van der Waals surface area (Å²) < 4.78 is 7.02. The maximum Gasteiger partial charge on any atom is 0.153 e. The molecule has 78 valence electrons. The number of tetrazole rings is 1. The van der Waals surface area contributed by atoms with Gasteiger partial charge in [-0.1, -0.05) is 0 Å². The molecule has 0 N–H and O–H groups in total. The van der Waals surface area contributed by atoms with Crippen LogP contribution in [-0.2, 0) is 0 Å². The predicted octanol–water partition coefficient (Wildman–Crippen LogP) is 1.37. The van der Waals surface area contributed by atoms with Crippen LogP contribution in [0.25, 0.3) is 5.69 Å². The Kier molecular flexibility index (Phi) is 2.62. The molecular weight excluding hydrogens is 192 g/mol. The fourth-order valence-corrected chi connectivity index (χ4v) is 1.32. The summed E-state index contributed by atoms with van der Waals surface area (Å²) in [5, 5.41) is 11.3. The Morgan fingerprint density at radius 2 is 2.00 bits per heavy atom. The first-order valence-corrected chi connectivity index (χ1v) is 4.79. The van der Waals surface area contributed by atoms with Crippen molar-refractivity contribution in [2.24, 2.45) is 0 Å². The zero-order valence-corrected chi connectivity index (χ0v) is 8.71. The highest BCUT2D eigenvalue weighted by molar-refractivity contribution is 5.36. The molecule has 15 heavy (non-hydrogen) atoms. The molecule has 0 radical (unpaired) electrons. The molecule has 0 saturated carbocycles. The third-order valence-electron chi connectivity index (χ3n) is 2.02. The molecule has 0 atom stereocenters. The summed E-state index contributed by atoms with van der Waals surface area (Å²) >= 11 is 0. The molecule has 0 spiro atoms. The molecule has 5 heteroatoms. The number of ether oxygens (including phenoxy) is 1. The van der Waals surface area contributed by atoms with Crippen molar-refractivity contribution in [1.29, 1.82) is 0 Å². The predicted molar refractivity (Wildman–Crippen MR) is 55.1 cm³/mol. The Morgan fingerprint density at radius 3 is 2.53 bits per heavy atom. The lowest BCUT2D eigenvalue weighted by Gasteiger charge is -2.04. The molecule has 1 aromatic heterocycles. The van der Waals surface area contributed by atoms with Crippen LogP contribution in [0.5, 0.6) is 5.75 Å². The van der Waals surface area contributed by atoms with Gasteiger partial charge in [0.25, 0.3) is 0 Å². The first kappa shape index (κ1) is 9.64. The smallest absolute Gasteiger partial charge is 0.153 e. The summed E-state index contributed by atoms with van der Waals surface area (Å²) in [6.07, 6.45) is 0. The maximum atomic E-state index is 5.35. The van der Waals surface area contributed by atoms with E-state index < -0.39 is 0 Å². The van der Waals surface area contributed by atoms with E-state index in [0.717, 1.165) is 17.3 Å². The number of aryl methyl sites for hydroxylation is 1. The fraction of sp³-hybridized carbons (Fsp3) is 0.300. The van der Waals surface area contributed by atoms with Gasteiger partial charge in [0.15, 0.2) is 5.82 Å². The maximum absolute atomic E-state index is 5.35. The average Bonchev–Trinajstić information content (AvgIpc) is 2.66. The van der Waals surface area contributed by atoms with Crippen molar-refractivity contribution in [3.63, 3.8) is 0 Å². The molecule has 1 aromatic carbocycles. The molecule has 0 aliphatic heterocycles. The zero-order chi connectivity index (χ0) is 10.7. The van der Waals surface area contributed by atoms with Crippen LogP contribution in [0.15, 0.2) is 24.3 Å². The van der Waals surface area contributed by atoms with Crippen LogP contribution in [0, 0.1) is 6.92 Å². The molecule has 2 aromatic rings. The van der Waals surface area contributed by atoms with E-state index in [9.17, 15) is 0 Å². The van der Waals surface area contributed by atoms with Crippen LogP contribution < -0.4 is 4.74 Å². The van der Waals surface area contributed by atoms with Crippen LogP contribution >= 0.6 is 0 Å². The average molecular weight is 204 g/mol. The number of nitrogens with zero attached hydrogens (tertiary/aromatic N) is 4. The van der Waals surface area contributed by atoms with E-state index in [2.05, 4.69) is 15.5 Å². The van der Waals surface area contributed by atoms with Gasteiger partial charge in [0.2, 0.25) is 0 Å². The topological polar surface area (TPSA) is 52.8 Å². The highest BCUT2D eigenvalue weighted by atomic mass is 16.5. The van der Waals surface area contributed by atoms with Crippen LogP contribution in [-0.4, -0.2) is 26.8 Å². The van der Waals surface area contributed by atoms with Gasteiger partial charge in [0.05, 0.1) is 12.3 Å². The van der Waals surface area contributed by atoms with Crippen LogP contribution in [0.2, 0.25) is 0 Å². The molecule has 0 fully saturated rings. The molecule has 0 aliphatic rings. The minimum atomic E-state index is 0.670. The lowest BCUT2D eigenvalue weighted by atomic mass is 10.3. The molecule has 2 rings (SSSR count). The van der Waals surface area contributed by atoms with E-state index in [4.69, 9.17) is 4.74 Å². The summed E-state index contributed by atoms with van der Waals surface area (Å²) in [4.78, 5) is 0. The molecular formula is C10H12N4O. The number of benzene rings is 1. The van der Waals surface area contributed by atoms with E-state index in [-0.39, 0.29) is 0 Å². The first-order chi connectivity index (χ1) is 7.31. The standard InChI is InChI=1S/C10H12N4O/c1-3-15-10-6-4-9(5-7-10)14-8(2)11-12-13-14/h4-7H,3H2,1-2H3. The van der Waals surface area contributed by atoms with Gasteiger partial charge in [-0.05, 0) is 48.5 Å². The summed E-state index contributed by atoms with van der Waals surface area (Å²) in [7, 11) is 0. The SMILES string of the molecule is CCOc1ccc(-n2nnnc2C)cc1. The molecule has 5 nitrogen and oxygen atoms in total. The van der Waals surface area contributed by atoms with Crippen LogP contribution in [0.1, 0.15) is 12.7 Å². The Morgan fingerprint density at radius 1 is 1.27 bits per heavy atom. The zero-order valence-electron chi connectivity index (χ0n) is 8.71. The van der Waals surface area contributed by atoms with Crippen molar-refractivity contribution in [1.82, 2.24) is 20.2 Å². The summed E-state index contributed by atoms with van der Waals surface area (Å²) in [5.74, 6) is 1.62. The summed E-state index contributed by atoms with van der Waals surface area (Å²) in [6, 6.07) is 7.66. The van der Waals surface area contributed by atoms with E-state index in [1.807, 2.05) is 38.1 Å². The Hall–Kier alpha value is -1.91.